The summed E-state index contributed by atoms with van der Waals surface area (Å²) in [7, 11) is 0. The highest BCUT2D eigenvalue weighted by atomic mass is 19.1. The Morgan fingerprint density at radius 3 is 2.84 bits per heavy atom. The predicted octanol–water partition coefficient (Wildman–Crippen LogP) is 1.61. The molecule has 19 heavy (non-hydrogen) atoms. The van der Waals surface area contributed by atoms with E-state index < -0.39 is 17.5 Å². The van der Waals surface area contributed by atoms with Gasteiger partial charge in [0.15, 0.2) is 23.0 Å². The van der Waals surface area contributed by atoms with Gasteiger partial charge in [-0.1, -0.05) is 5.16 Å². The van der Waals surface area contributed by atoms with Crippen LogP contribution in [0.3, 0.4) is 0 Å². The number of hydrogen-bond donors (Lipinski definition) is 2. The van der Waals surface area contributed by atoms with Crippen molar-refractivity contribution in [1.29, 1.82) is 0 Å². The van der Waals surface area contributed by atoms with Crippen LogP contribution in [0.15, 0.2) is 16.7 Å². The van der Waals surface area contributed by atoms with Gasteiger partial charge in [0.2, 0.25) is 18.4 Å². The highest BCUT2D eigenvalue weighted by Crippen LogP contribution is 2.45. The molecule has 0 saturated carbocycles. The number of phenols is 1. The van der Waals surface area contributed by atoms with Crippen LogP contribution < -0.4 is 9.47 Å². The molecule has 8 heteroatoms. The number of rotatable bonds is 2. The molecule has 7 nitrogen and oxygen atoms in total. The number of ether oxygens (including phenoxy) is 2. The van der Waals surface area contributed by atoms with E-state index in [1.165, 1.54) is 6.07 Å². The van der Waals surface area contributed by atoms with Gasteiger partial charge >= 0.3 is 5.97 Å². The fourth-order valence-electron chi connectivity index (χ4n) is 1.68. The quantitative estimate of drug-likeness (QED) is 0.852. The number of nitrogens with zero attached hydrogens (tertiary/aromatic N) is 1. The zero-order chi connectivity index (χ0) is 13.6. The summed E-state index contributed by atoms with van der Waals surface area (Å²) in [4.78, 5) is 10.7. The number of aromatic carboxylic acids is 1. The van der Waals surface area contributed by atoms with Gasteiger partial charge in [-0.25, -0.2) is 4.79 Å². The van der Waals surface area contributed by atoms with E-state index in [-0.39, 0.29) is 35.3 Å². The molecule has 0 amide bonds. The van der Waals surface area contributed by atoms with Crippen LogP contribution in [-0.4, -0.2) is 28.1 Å². The molecule has 0 atom stereocenters. The minimum Gasteiger partial charge on any atom is -0.504 e. The van der Waals surface area contributed by atoms with Crippen LogP contribution in [0.25, 0.3) is 11.3 Å². The van der Waals surface area contributed by atoms with Gasteiger partial charge in [-0.3, -0.25) is 0 Å². The van der Waals surface area contributed by atoms with Crippen LogP contribution in [0.5, 0.6) is 17.2 Å². The Balaban J connectivity index is 2.14. The summed E-state index contributed by atoms with van der Waals surface area (Å²) >= 11 is 0. The lowest BCUT2D eigenvalue weighted by atomic mass is 10.1. The number of fused-ring (bicyclic) bond motifs is 1. The van der Waals surface area contributed by atoms with Crippen molar-refractivity contribution >= 4 is 5.97 Å². The van der Waals surface area contributed by atoms with E-state index in [1.54, 1.807) is 0 Å². The Kier molecular flexibility index (Phi) is 2.31. The molecule has 0 bridgehead atoms. The molecule has 1 aromatic carbocycles. The summed E-state index contributed by atoms with van der Waals surface area (Å²) in [5.41, 5.74) is -0.422. The summed E-state index contributed by atoms with van der Waals surface area (Å²) in [5.74, 6) is -3.21. The molecule has 2 heterocycles. The minimum absolute atomic E-state index is 0.0678. The lowest BCUT2D eigenvalue weighted by Crippen LogP contribution is -1.94. The third-order valence-electron chi connectivity index (χ3n) is 2.57. The monoisotopic (exact) mass is 267 g/mol. The molecule has 0 saturated heterocycles. The normalized spacial score (nSPS) is 12.7. The fourth-order valence-corrected chi connectivity index (χ4v) is 1.68. The van der Waals surface area contributed by atoms with Crippen molar-refractivity contribution in [2.75, 3.05) is 6.79 Å². The highest BCUT2D eigenvalue weighted by Gasteiger charge is 2.27. The summed E-state index contributed by atoms with van der Waals surface area (Å²) < 4.78 is 28.4. The second kappa shape index (κ2) is 3.87. The molecule has 0 radical (unpaired) electrons. The molecular formula is C11H6FNO6. The molecule has 0 spiro atoms. The summed E-state index contributed by atoms with van der Waals surface area (Å²) in [6, 6.07) is 2.35. The Hall–Kier alpha value is -2.77. The van der Waals surface area contributed by atoms with Crippen molar-refractivity contribution in [3.05, 3.63) is 23.6 Å². The second-order valence-electron chi connectivity index (χ2n) is 3.70. The van der Waals surface area contributed by atoms with Crippen molar-refractivity contribution in [3.8, 4) is 28.6 Å². The number of benzene rings is 1. The van der Waals surface area contributed by atoms with E-state index in [9.17, 15) is 14.3 Å². The van der Waals surface area contributed by atoms with E-state index in [0.717, 1.165) is 6.07 Å². The van der Waals surface area contributed by atoms with E-state index in [0.29, 0.717) is 0 Å². The minimum atomic E-state index is -1.30. The molecule has 1 aliphatic rings. The zero-order valence-electron chi connectivity index (χ0n) is 9.21. The molecular weight excluding hydrogens is 261 g/mol. The highest BCUT2D eigenvalue weighted by molar-refractivity contribution is 5.87. The number of hydrogen-bond acceptors (Lipinski definition) is 6. The van der Waals surface area contributed by atoms with Gasteiger partial charge in [-0.15, -0.1) is 0 Å². The van der Waals surface area contributed by atoms with Gasteiger partial charge < -0.3 is 24.2 Å². The largest absolute Gasteiger partial charge is 0.504 e. The van der Waals surface area contributed by atoms with E-state index in [4.69, 9.17) is 19.1 Å². The zero-order valence-corrected chi connectivity index (χ0v) is 9.21. The standard InChI is InChI=1S/C11H6FNO6/c12-8-9(14)4(1-7-10(8)18-3-17-7)6-2-5(11(15)16)13-19-6/h1-2,14H,3H2,(H,15,16). The number of phenolic OH excluding ortho intramolecular Hbond substituents is 1. The molecule has 0 fully saturated rings. The lowest BCUT2D eigenvalue weighted by molar-refractivity contribution is 0.0686. The van der Waals surface area contributed by atoms with Gasteiger partial charge in [0.1, 0.15) is 0 Å². The topological polar surface area (TPSA) is 102 Å². The first-order chi connectivity index (χ1) is 9.08. The molecule has 0 unspecified atom stereocenters. The maximum atomic E-state index is 13.8. The molecule has 2 N–H and O–H groups in total. The summed E-state index contributed by atoms with van der Waals surface area (Å²) in [5, 5.41) is 21.7. The number of halogens is 1. The maximum Gasteiger partial charge on any atom is 0.358 e. The van der Waals surface area contributed by atoms with Crippen LogP contribution in [-0.2, 0) is 0 Å². The lowest BCUT2D eigenvalue weighted by Gasteiger charge is -2.04. The molecule has 1 aromatic heterocycles. The SMILES string of the molecule is O=C(O)c1cc(-c2cc3c(c(F)c2O)OCO3)on1. The van der Waals surface area contributed by atoms with E-state index in [2.05, 4.69) is 5.16 Å². The molecule has 3 rings (SSSR count). The third-order valence-corrected chi connectivity index (χ3v) is 2.57. The molecule has 2 aromatic rings. The van der Waals surface area contributed by atoms with Gasteiger partial charge in [0.05, 0.1) is 5.56 Å². The van der Waals surface area contributed by atoms with Crippen molar-refractivity contribution in [1.82, 2.24) is 5.16 Å². The molecule has 0 aliphatic carbocycles. The first kappa shape index (κ1) is 11.3. The van der Waals surface area contributed by atoms with Crippen LogP contribution in [0.2, 0.25) is 0 Å². The number of carboxylic acids is 1. The average Bonchev–Trinajstić information content (AvgIpc) is 3.01. The summed E-state index contributed by atoms with van der Waals surface area (Å²) in [6.07, 6.45) is 0. The number of aromatic nitrogens is 1. The Bertz CT molecular complexity index is 680. The van der Waals surface area contributed by atoms with Gasteiger partial charge in [0, 0.05) is 6.07 Å². The first-order valence-electron chi connectivity index (χ1n) is 5.09. The summed E-state index contributed by atoms with van der Waals surface area (Å²) in [6.45, 7) is -0.161. The van der Waals surface area contributed by atoms with Crippen LogP contribution in [0, 0.1) is 5.82 Å². The predicted molar refractivity (Wildman–Crippen MR) is 56.6 cm³/mol. The number of carboxylic acid groups (broad SMARTS) is 1. The van der Waals surface area contributed by atoms with Gasteiger partial charge in [0.25, 0.3) is 0 Å². The van der Waals surface area contributed by atoms with Crippen LogP contribution in [0.1, 0.15) is 10.5 Å². The van der Waals surface area contributed by atoms with Crippen molar-refractivity contribution < 1.29 is 33.4 Å². The van der Waals surface area contributed by atoms with Crippen molar-refractivity contribution in [3.63, 3.8) is 0 Å². The maximum absolute atomic E-state index is 13.8. The van der Waals surface area contributed by atoms with Gasteiger partial charge in [-0.2, -0.15) is 4.39 Å². The Labute approximate surface area is 104 Å². The second-order valence-corrected chi connectivity index (χ2v) is 3.70. The van der Waals surface area contributed by atoms with E-state index >= 15 is 0 Å². The molecule has 1 aliphatic heterocycles. The number of aromatic hydroxyl groups is 1. The Morgan fingerprint density at radius 2 is 2.16 bits per heavy atom. The van der Waals surface area contributed by atoms with Gasteiger partial charge in [-0.05, 0) is 6.07 Å². The van der Waals surface area contributed by atoms with Crippen LogP contribution in [0.4, 0.5) is 4.39 Å². The van der Waals surface area contributed by atoms with Crippen LogP contribution >= 0.6 is 0 Å². The Morgan fingerprint density at radius 1 is 1.37 bits per heavy atom. The fraction of sp³-hybridized carbons (Fsp3) is 0.0909. The van der Waals surface area contributed by atoms with Crippen molar-refractivity contribution in [2.45, 2.75) is 0 Å². The first-order valence-corrected chi connectivity index (χ1v) is 5.09. The average molecular weight is 267 g/mol. The van der Waals surface area contributed by atoms with E-state index in [1.807, 2.05) is 0 Å². The smallest absolute Gasteiger partial charge is 0.358 e. The number of carbonyl (C=O) groups is 1. The van der Waals surface area contributed by atoms with Crippen molar-refractivity contribution in [2.24, 2.45) is 0 Å². The molecule has 98 valence electrons. The third kappa shape index (κ3) is 1.65.